The lowest BCUT2D eigenvalue weighted by Gasteiger charge is -2.18. The maximum Gasteiger partial charge on any atom is 0.326 e. The van der Waals surface area contributed by atoms with E-state index in [2.05, 4.69) is 9.97 Å². The number of pyridine rings is 1. The maximum atomic E-state index is 13.2. The van der Waals surface area contributed by atoms with Gasteiger partial charge in [0.2, 0.25) is 0 Å². The second kappa shape index (κ2) is 6.68. The summed E-state index contributed by atoms with van der Waals surface area (Å²) in [6, 6.07) is 2.21. The highest BCUT2D eigenvalue weighted by Crippen LogP contribution is 2.30. The van der Waals surface area contributed by atoms with Gasteiger partial charge in [0.1, 0.15) is 16.7 Å². The Kier molecular flexibility index (Phi) is 4.56. The van der Waals surface area contributed by atoms with E-state index in [1.165, 1.54) is 17.0 Å². The van der Waals surface area contributed by atoms with E-state index < -0.39 is 23.5 Å². The summed E-state index contributed by atoms with van der Waals surface area (Å²) in [5.74, 6) is -1.56. The molecule has 0 aliphatic rings. The highest BCUT2D eigenvalue weighted by atomic mass is 32.1. The first-order chi connectivity index (χ1) is 12.4. The molecule has 0 spiro atoms. The minimum atomic E-state index is -1.13. The van der Waals surface area contributed by atoms with Crippen molar-refractivity contribution in [1.82, 2.24) is 14.5 Å². The molecule has 0 saturated heterocycles. The Morgan fingerprint density at radius 3 is 2.54 bits per heavy atom. The molecule has 3 heterocycles. The topological polar surface area (TPSA) is 128 Å². The first kappa shape index (κ1) is 17.7. The van der Waals surface area contributed by atoms with Crippen molar-refractivity contribution in [2.24, 2.45) is 5.73 Å². The van der Waals surface area contributed by atoms with Gasteiger partial charge < -0.3 is 10.8 Å². The van der Waals surface area contributed by atoms with Gasteiger partial charge in [-0.2, -0.15) is 0 Å². The number of fused-ring (bicyclic) bond motifs is 1. The smallest absolute Gasteiger partial charge is 0.326 e. The van der Waals surface area contributed by atoms with Crippen LogP contribution >= 0.6 is 11.3 Å². The fourth-order valence-corrected chi connectivity index (χ4v) is 3.92. The standard InChI is InChI=1S/C17H16N4O4S/c1-3-10(17(24)25)21-14(9-4-6-19-7-5-9)20-15-11(16(21)23)8(2)12(26-15)13(18)22/h4-7,10H,3H2,1-2H3,(H2,18,22)(H,24,25). The van der Waals surface area contributed by atoms with Gasteiger partial charge in [-0.1, -0.05) is 6.92 Å². The molecule has 0 radical (unpaired) electrons. The molecule has 3 N–H and O–H groups in total. The lowest BCUT2D eigenvalue weighted by Crippen LogP contribution is -2.31. The summed E-state index contributed by atoms with van der Waals surface area (Å²) in [6.45, 7) is 3.29. The molecule has 0 saturated carbocycles. The number of carbonyl (C=O) groups excluding carboxylic acids is 1. The largest absolute Gasteiger partial charge is 0.480 e. The fourth-order valence-electron chi connectivity index (χ4n) is 2.89. The van der Waals surface area contributed by atoms with Gasteiger partial charge in [-0.3, -0.25) is 19.1 Å². The summed E-state index contributed by atoms with van der Waals surface area (Å²) in [7, 11) is 0. The summed E-state index contributed by atoms with van der Waals surface area (Å²) >= 11 is 1.03. The number of primary amides is 1. The number of thiophene rings is 1. The van der Waals surface area contributed by atoms with E-state index in [0.29, 0.717) is 16.0 Å². The van der Waals surface area contributed by atoms with Gasteiger partial charge in [0.25, 0.3) is 11.5 Å². The minimum absolute atomic E-state index is 0.201. The lowest BCUT2D eigenvalue weighted by molar-refractivity contribution is -0.141. The third-order valence-corrected chi connectivity index (χ3v) is 5.34. The van der Waals surface area contributed by atoms with E-state index in [4.69, 9.17) is 5.73 Å². The molecular formula is C17H16N4O4S. The summed E-state index contributed by atoms with van der Waals surface area (Å²) in [5.41, 5.74) is 5.86. The average Bonchev–Trinajstić information content (AvgIpc) is 2.95. The number of aryl methyl sites for hydroxylation is 1. The van der Waals surface area contributed by atoms with Crippen molar-refractivity contribution in [2.45, 2.75) is 26.3 Å². The van der Waals surface area contributed by atoms with Crippen molar-refractivity contribution in [3.8, 4) is 11.4 Å². The number of nitrogens with zero attached hydrogens (tertiary/aromatic N) is 3. The summed E-state index contributed by atoms with van der Waals surface area (Å²) in [4.78, 5) is 45.6. The Morgan fingerprint density at radius 2 is 2.00 bits per heavy atom. The number of aliphatic carboxylic acids is 1. The number of aromatic nitrogens is 3. The Hall–Kier alpha value is -3.07. The molecule has 26 heavy (non-hydrogen) atoms. The van der Waals surface area contributed by atoms with Crippen LogP contribution in [0.4, 0.5) is 0 Å². The minimum Gasteiger partial charge on any atom is -0.480 e. The van der Waals surface area contributed by atoms with E-state index >= 15 is 0 Å². The molecule has 134 valence electrons. The van der Waals surface area contributed by atoms with Gasteiger partial charge in [-0.05, 0) is 31.0 Å². The summed E-state index contributed by atoms with van der Waals surface area (Å²) < 4.78 is 1.17. The Balaban J connectivity index is 2.46. The second-order valence-corrected chi connectivity index (χ2v) is 6.71. The van der Waals surface area contributed by atoms with Gasteiger partial charge in [-0.25, -0.2) is 9.78 Å². The molecule has 1 unspecified atom stereocenters. The monoisotopic (exact) mass is 372 g/mol. The molecule has 0 aromatic carbocycles. The molecule has 8 nitrogen and oxygen atoms in total. The molecule has 3 aromatic rings. The zero-order valence-corrected chi connectivity index (χ0v) is 14.9. The van der Waals surface area contributed by atoms with E-state index in [0.717, 1.165) is 11.3 Å². The Labute approximate surface area is 151 Å². The molecule has 0 aliphatic carbocycles. The van der Waals surface area contributed by atoms with Crippen LogP contribution in [-0.4, -0.2) is 31.5 Å². The second-order valence-electron chi connectivity index (χ2n) is 5.71. The highest BCUT2D eigenvalue weighted by molar-refractivity contribution is 7.20. The van der Waals surface area contributed by atoms with Gasteiger partial charge >= 0.3 is 5.97 Å². The average molecular weight is 372 g/mol. The number of hydrogen-bond acceptors (Lipinski definition) is 6. The van der Waals surface area contributed by atoms with Crippen molar-refractivity contribution in [2.75, 3.05) is 0 Å². The van der Waals surface area contributed by atoms with Crippen LogP contribution in [-0.2, 0) is 4.79 Å². The number of carbonyl (C=O) groups is 2. The van der Waals surface area contributed by atoms with Gasteiger partial charge in [0, 0.05) is 18.0 Å². The van der Waals surface area contributed by atoms with E-state index in [1.807, 2.05) is 0 Å². The molecule has 1 amide bonds. The summed E-state index contributed by atoms with van der Waals surface area (Å²) in [6.07, 6.45) is 3.27. The number of carboxylic acid groups (broad SMARTS) is 1. The van der Waals surface area contributed by atoms with E-state index in [-0.39, 0.29) is 22.5 Å². The Bertz CT molecular complexity index is 1070. The van der Waals surface area contributed by atoms with Crippen molar-refractivity contribution in [3.05, 3.63) is 45.3 Å². The fraction of sp³-hybridized carbons (Fsp3) is 0.235. The SMILES string of the molecule is CCC(C(=O)O)n1c(-c2ccncc2)nc2sc(C(N)=O)c(C)c2c1=O. The summed E-state index contributed by atoms with van der Waals surface area (Å²) in [5, 5.41) is 9.81. The molecule has 1 atom stereocenters. The number of nitrogens with two attached hydrogens (primary N) is 1. The quantitative estimate of drug-likeness (QED) is 0.704. The van der Waals surface area contributed by atoms with Crippen molar-refractivity contribution in [1.29, 1.82) is 0 Å². The number of rotatable bonds is 5. The Morgan fingerprint density at radius 1 is 1.35 bits per heavy atom. The molecule has 3 rings (SSSR count). The van der Waals surface area contributed by atoms with Crippen LogP contribution in [0, 0.1) is 6.92 Å². The van der Waals surface area contributed by atoms with Crippen LogP contribution in [0.15, 0.2) is 29.3 Å². The van der Waals surface area contributed by atoms with Crippen molar-refractivity contribution >= 4 is 33.4 Å². The van der Waals surface area contributed by atoms with Crippen LogP contribution in [0.2, 0.25) is 0 Å². The third-order valence-electron chi connectivity index (χ3n) is 4.14. The van der Waals surface area contributed by atoms with Crippen molar-refractivity contribution < 1.29 is 14.7 Å². The van der Waals surface area contributed by atoms with Crippen LogP contribution in [0.1, 0.15) is 34.6 Å². The zero-order valence-electron chi connectivity index (χ0n) is 14.1. The first-order valence-electron chi connectivity index (χ1n) is 7.85. The predicted molar refractivity (Wildman–Crippen MR) is 97.3 cm³/mol. The van der Waals surface area contributed by atoms with Crippen molar-refractivity contribution in [3.63, 3.8) is 0 Å². The molecule has 0 aliphatic heterocycles. The molecule has 0 bridgehead atoms. The van der Waals surface area contributed by atoms with Gasteiger partial charge in [-0.15, -0.1) is 11.3 Å². The van der Waals surface area contributed by atoms with E-state index in [1.54, 1.807) is 26.0 Å². The third kappa shape index (κ3) is 2.76. The van der Waals surface area contributed by atoms with Crippen LogP contribution in [0.5, 0.6) is 0 Å². The lowest BCUT2D eigenvalue weighted by atomic mass is 10.1. The molecular weight excluding hydrogens is 356 g/mol. The number of amides is 1. The number of hydrogen-bond donors (Lipinski definition) is 2. The molecule has 0 fully saturated rings. The normalized spacial score (nSPS) is 12.2. The number of carboxylic acids is 1. The van der Waals surface area contributed by atoms with Gasteiger partial charge in [0.05, 0.1) is 10.3 Å². The predicted octanol–water partition coefficient (Wildman–Crippen LogP) is 1.96. The maximum absolute atomic E-state index is 13.2. The zero-order chi connectivity index (χ0) is 19.0. The molecule has 9 heteroatoms. The van der Waals surface area contributed by atoms with E-state index in [9.17, 15) is 19.5 Å². The molecule has 3 aromatic heterocycles. The van der Waals surface area contributed by atoms with Gasteiger partial charge in [0.15, 0.2) is 0 Å². The van der Waals surface area contributed by atoms with Crippen LogP contribution in [0.25, 0.3) is 21.6 Å². The first-order valence-corrected chi connectivity index (χ1v) is 8.67. The highest BCUT2D eigenvalue weighted by Gasteiger charge is 2.27. The van der Waals surface area contributed by atoms with Crippen LogP contribution in [0.3, 0.4) is 0 Å². The van der Waals surface area contributed by atoms with Crippen LogP contribution < -0.4 is 11.3 Å².